The molecule has 22 heavy (non-hydrogen) atoms. The topological polar surface area (TPSA) is 39.4 Å². The molecule has 2 aromatic carbocycles. The van der Waals surface area contributed by atoms with Crippen molar-refractivity contribution < 1.29 is 19.1 Å². The molecule has 0 spiro atoms. The summed E-state index contributed by atoms with van der Waals surface area (Å²) in [7, 11) is 0. The first-order valence-electron chi connectivity index (χ1n) is 7.13. The fourth-order valence-corrected chi connectivity index (χ4v) is 2.23. The number of benzene rings is 2. The summed E-state index contributed by atoms with van der Waals surface area (Å²) in [4.78, 5) is 17.7. The van der Waals surface area contributed by atoms with Crippen molar-refractivity contribution in [2.75, 3.05) is 6.61 Å². The smallest absolute Gasteiger partial charge is 0.414 e. The lowest BCUT2D eigenvalue weighted by atomic mass is 10.1. The fourth-order valence-electron chi connectivity index (χ4n) is 2.23. The standard InChI is InChI=1S/C18H16NO3/c1-2-21-19-12-6-5-9-17(19)18(20)22-16-11-10-14-7-3-4-8-15(14)13-16/h3-13H,2H2,1H3/q+1. The van der Waals surface area contributed by atoms with Crippen LogP contribution in [0, 0.1) is 0 Å². The van der Waals surface area contributed by atoms with Gasteiger partial charge in [-0.3, -0.25) is 4.84 Å². The van der Waals surface area contributed by atoms with Gasteiger partial charge in [-0.1, -0.05) is 30.3 Å². The maximum atomic E-state index is 12.3. The normalized spacial score (nSPS) is 10.4. The van der Waals surface area contributed by atoms with Gasteiger partial charge in [0, 0.05) is 16.9 Å². The van der Waals surface area contributed by atoms with Crippen molar-refractivity contribution in [3.63, 3.8) is 0 Å². The quantitative estimate of drug-likeness (QED) is 0.422. The first kappa shape index (κ1) is 14.1. The van der Waals surface area contributed by atoms with E-state index in [0.29, 0.717) is 18.1 Å². The molecule has 0 aliphatic heterocycles. The third-order valence-corrected chi connectivity index (χ3v) is 3.23. The predicted molar refractivity (Wildman–Crippen MR) is 82.7 cm³/mol. The number of fused-ring (bicyclic) bond motifs is 1. The average Bonchev–Trinajstić information content (AvgIpc) is 2.55. The molecule has 0 unspecified atom stereocenters. The minimum atomic E-state index is -0.454. The molecule has 0 aliphatic rings. The van der Waals surface area contributed by atoms with E-state index in [1.165, 1.54) is 4.73 Å². The molecule has 0 fully saturated rings. The number of rotatable bonds is 4. The highest BCUT2D eigenvalue weighted by Gasteiger charge is 2.22. The Balaban J connectivity index is 1.86. The van der Waals surface area contributed by atoms with Crippen LogP contribution in [0.1, 0.15) is 17.4 Å². The molecule has 0 atom stereocenters. The first-order valence-corrected chi connectivity index (χ1v) is 7.13. The first-order chi connectivity index (χ1) is 10.8. The summed E-state index contributed by atoms with van der Waals surface area (Å²) in [6, 6.07) is 18.7. The second-order valence-corrected chi connectivity index (χ2v) is 4.73. The minimum Gasteiger partial charge on any atom is -0.418 e. The van der Waals surface area contributed by atoms with E-state index in [9.17, 15) is 4.79 Å². The number of hydrogen-bond donors (Lipinski definition) is 0. The Bertz CT molecular complexity index is 814. The summed E-state index contributed by atoms with van der Waals surface area (Å²) in [5, 5.41) is 2.13. The van der Waals surface area contributed by atoms with Gasteiger partial charge < -0.3 is 4.74 Å². The van der Waals surface area contributed by atoms with E-state index in [0.717, 1.165) is 10.8 Å². The van der Waals surface area contributed by atoms with Gasteiger partial charge in [0.2, 0.25) is 6.20 Å². The van der Waals surface area contributed by atoms with Crippen LogP contribution in [0.5, 0.6) is 5.75 Å². The Kier molecular flexibility index (Phi) is 4.01. The van der Waals surface area contributed by atoms with E-state index in [2.05, 4.69) is 0 Å². The van der Waals surface area contributed by atoms with Gasteiger partial charge in [-0.25, -0.2) is 4.79 Å². The zero-order valence-electron chi connectivity index (χ0n) is 12.2. The van der Waals surface area contributed by atoms with Crippen LogP contribution in [-0.4, -0.2) is 12.6 Å². The number of esters is 1. The number of carbonyl (C=O) groups excluding carboxylic acids is 1. The third kappa shape index (κ3) is 2.91. The molecule has 0 amide bonds. The maximum absolute atomic E-state index is 12.3. The van der Waals surface area contributed by atoms with Crippen LogP contribution < -0.4 is 14.3 Å². The van der Waals surface area contributed by atoms with Crippen LogP contribution in [0.2, 0.25) is 0 Å². The Labute approximate surface area is 128 Å². The van der Waals surface area contributed by atoms with Crippen molar-refractivity contribution >= 4 is 16.7 Å². The van der Waals surface area contributed by atoms with E-state index in [1.807, 2.05) is 43.3 Å². The van der Waals surface area contributed by atoms with Crippen LogP contribution in [-0.2, 0) is 0 Å². The largest absolute Gasteiger partial charge is 0.418 e. The Morgan fingerprint density at radius 3 is 2.59 bits per heavy atom. The van der Waals surface area contributed by atoms with Crippen molar-refractivity contribution in [3.05, 3.63) is 72.6 Å². The lowest BCUT2D eigenvalue weighted by Gasteiger charge is -2.05. The highest BCUT2D eigenvalue weighted by Crippen LogP contribution is 2.21. The molecule has 0 radical (unpaired) electrons. The molecule has 0 N–H and O–H groups in total. The molecular formula is C18H16NO3+. The second-order valence-electron chi connectivity index (χ2n) is 4.73. The summed E-state index contributed by atoms with van der Waals surface area (Å²) in [6.45, 7) is 2.32. The zero-order chi connectivity index (χ0) is 15.4. The van der Waals surface area contributed by atoms with Crippen molar-refractivity contribution in [3.8, 4) is 5.75 Å². The molecular weight excluding hydrogens is 278 g/mol. The monoisotopic (exact) mass is 294 g/mol. The van der Waals surface area contributed by atoms with Crippen LogP contribution >= 0.6 is 0 Å². The predicted octanol–water partition coefficient (Wildman–Crippen LogP) is 2.80. The molecule has 3 rings (SSSR count). The molecule has 0 bridgehead atoms. The molecule has 4 nitrogen and oxygen atoms in total. The summed E-state index contributed by atoms with van der Waals surface area (Å²) in [6.07, 6.45) is 1.68. The van der Waals surface area contributed by atoms with Gasteiger partial charge >= 0.3 is 11.7 Å². The Morgan fingerprint density at radius 1 is 1.00 bits per heavy atom. The summed E-state index contributed by atoms with van der Waals surface area (Å²) < 4.78 is 6.88. The van der Waals surface area contributed by atoms with Gasteiger partial charge in [0.1, 0.15) is 5.75 Å². The van der Waals surface area contributed by atoms with Gasteiger partial charge in [-0.05, 0) is 35.9 Å². The maximum Gasteiger partial charge on any atom is 0.414 e. The van der Waals surface area contributed by atoms with Crippen molar-refractivity contribution in [1.29, 1.82) is 0 Å². The lowest BCUT2D eigenvalue weighted by Crippen LogP contribution is -2.48. The number of aromatic nitrogens is 1. The zero-order valence-corrected chi connectivity index (χ0v) is 12.2. The summed E-state index contributed by atoms with van der Waals surface area (Å²) in [5.41, 5.74) is 0.345. The molecule has 1 heterocycles. The Hall–Kier alpha value is -2.88. The van der Waals surface area contributed by atoms with E-state index in [-0.39, 0.29) is 0 Å². The minimum absolute atomic E-state index is 0.345. The average molecular weight is 294 g/mol. The number of ether oxygens (including phenoxy) is 1. The van der Waals surface area contributed by atoms with Gasteiger partial charge in [0.05, 0.1) is 0 Å². The molecule has 0 aliphatic carbocycles. The van der Waals surface area contributed by atoms with Crippen molar-refractivity contribution in [2.24, 2.45) is 0 Å². The molecule has 0 saturated carbocycles. The fraction of sp³-hybridized carbons (Fsp3) is 0.111. The number of pyridine rings is 1. The molecule has 110 valence electrons. The molecule has 3 aromatic rings. The van der Waals surface area contributed by atoms with Crippen molar-refractivity contribution in [2.45, 2.75) is 6.92 Å². The van der Waals surface area contributed by atoms with E-state index in [4.69, 9.17) is 9.57 Å². The highest BCUT2D eigenvalue weighted by atomic mass is 16.7. The van der Waals surface area contributed by atoms with Crippen LogP contribution in [0.25, 0.3) is 10.8 Å². The Morgan fingerprint density at radius 2 is 1.77 bits per heavy atom. The second kappa shape index (κ2) is 6.26. The number of nitrogens with zero attached hydrogens (tertiary/aromatic N) is 1. The summed E-state index contributed by atoms with van der Waals surface area (Å²) >= 11 is 0. The van der Waals surface area contributed by atoms with Crippen LogP contribution in [0.4, 0.5) is 0 Å². The van der Waals surface area contributed by atoms with Crippen LogP contribution in [0.15, 0.2) is 66.9 Å². The third-order valence-electron chi connectivity index (χ3n) is 3.23. The molecule has 1 aromatic heterocycles. The lowest BCUT2D eigenvalue weighted by molar-refractivity contribution is -0.892. The van der Waals surface area contributed by atoms with Crippen molar-refractivity contribution in [1.82, 2.24) is 0 Å². The molecule has 4 heteroatoms. The van der Waals surface area contributed by atoms with Gasteiger partial charge in [-0.15, -0.1) is 0 Å². The van der Waals surface area contributed by atoms with E-state index in [1.54, 1.807) is 30.5 Å². The van der Waals surface area contributed by atoms with Gasteiger partial charge in [-0.2, -0.15) is 0 Å². The van der Waals surface area contributed by atoms with Crippen LogP contribution in [0.3, 0.4) is 0 Å². The van der Waals surface area contributed by atoms with Gasteiger partial charge in [0.25, 0.3) is 0 Å². The van der Waals surface area contributed by atoms with E-state index < -0.39 is 5.97 Å². The SMILES string of the molecule is CCO[n+]1ccccc1C(=O)Oc1ccc2ccccc2c1. The summed E-state index contributed by atoms with van der Waals surface area (Å²) in [5.74, 6) is 0.0555. The number of carbonyl (C=O) groups is 1. The van der Waals surface area contributed by atoms with Gasteiger partial charge in [0.15, 0.2) is 6.61 Å². The highest BCUT2D eigenvalue weighted by molar-refractivity contribution is 5.89. The van der Waals surface area contributed by atoms with E-state index >= 15 is 0 Å². The molecule has 0 saturated heterocycles. The number of hydrogen-bond acceptors (Lipinski definition) is 3.